The monoisotopic (exact) mass is 489 g/mol. The first-order valence-electron chi connectivity index (χ1n) is 12.5. The van der Waals surface area contributed by atoms with Crippen LogP contribution in [-0.2, 0) is 16.0 Å². The van der Waals surface area contributed by atoms with Gasteiger partial charge in [0.15, 0.2) is 5.11 Å². The summed E-state index contributed by atoms with van der Waals surface area (Å²) < 4.78 is 13.8. The molecule has 2 aromatic heterocycles. The average molecular weight is 490 g/mol. The van der Waals surface area contributed by atoms with Gasteiger partial charge in [-0.15, -0.1) is 0 Å². The third-order valence-electron chi connectivity index (χ3n) is 7.19. The summed E-state index contributed by atoms with van der Waals surface area (Å²) in [6.07, 6.45) is 6.51. The average Bonchev–Trinajstić information content (AvgIpc) is 3.66. The first kappa shape index (κ1) is 22.5. The van der Waals surface area contributed by atoms with Gasteiger partial charge in [0, 0.05) is 55.7 Å². The minimum Gasteiger partial charge on any atom is -0.378 e. The summed E-state index contributed by atoms with van der Waals surface area (Å²) in [5.41, 5.74) is 4.49. The standard InChI is InChI=1S/C27H31N5O2S/c35-27-29-25(23-6-1-2-12-28-23)26(24-7-3-13-31(24)19-22-5-4-16-34-22)32(27)21-10-8-20(9-11-21)30-14-17-33-18-15-30/h1-3,6-13,22,25-26H,4-5,14-19H2,(H,29,35). The molecule has 3 saturated heterocycles. The lowest BCUT2D eigenvalue weighted by Crippen LogP contribution is -2.36. The summed E-state index contributed by atoms with van der Waals surface area (Å²) in [4.78, 5) is 9.31. The van der Waals surface area contributed by atoms with Gasteiger partial charge in [-0.3, -0.25) is 4.98 Å². The Morgan fingerprint density at radius 2 is 1.80 bits per heavy atom. The molecule has 1 N–H and O–H groups in total. The molecule has 3 aromatic rings. The molecular formula is C27H31N5O2S. The molecule has 6 rings (SSSR count). The van der Waals surface area contributed by atoms with E-state index in [1.165, 1.54) is 11.4 Å². The molecule has 8 heteroatoms. The van der Waals surface area contributed by atoms with Gasteiger partial charge in [-0.2, -0.15) is 0 Å². The van der Waals surface area contributed by atoms with E-state index < -0.39 is 0 Å². The molecule has 0 bridgehead atoms. The van der Waals surface area contributed by atoms with Crippen LogP contribution in [0.2, 0.25) is 0 Å². The van der Waals surface area contributed by atoms with Gasteiger partial charge in [0.25, 0.3) is 0 Å². The van der Waals surface area contributed by atoms with Crippen LogP contribution in [0.1, 0.15) is 36.3 Å². The van der Waals surface area contributed by atoms with Gasteiger partial charge >= 0.3 is 0 Å². The topological polar surface area (TPSA) is 54.8 Å². The van der Waals surface area contributed by atoms with Crippen LogP contribution in [0, 0.1) is 0 Å². The number of aromatic nitrogens is 2. The molecular weight excluding hydrogens is 458 g/mol. The zero-order valence-corrected chi connectivity index (χ0v) is 20.6. The van der Waals surface area contributed by atoms with Crippen molar-refractivity contribution in [1.29, 1.82) is 0 Å². The Labute approximate surface area is 211 Å². The molecule has 0 saturated carbocycles. The molecule has 35 heavy (non-hydrogen) atoms. The minimum absolute atomic E-state index is 0.0250. The number of nitrogens with one attached hydrogen (secondary N) is 1. The fourth-order valence-corrected chi connectivity index (χ4v) is 5.79. The second-order valence-electron chi connectivity index (χ2n) is 9.33. The zero-order chi connectivity index (χ0) is 23.6. The van der Waals surface area contributed by atoms with Crippen molar-refractivity contribution in [2.45, 2.75) is 37.6 Å². The van der Waals surface area contributed by atoms with E-state index in [9.17, 15) is 0 Å². The Morgan fingerprint density at radius 1 is 0.971 bits per heavy atom. The van der Waals surface area contributed by atoms with Crippen molar-refractivity contribution in [3.8, 4) is 0 Å². The SMILES string of the molecule is S=C1NC(c2ccccn2)C(c2cccn2CC2CCCO2)N1c1ccc(N2CCOCC2)cc1. The molecule has 1 aromatic carbocycles. The summed E-state index contributed by atoms with van der Waals surface area (Å²) in [6, 6.07) is 19.1. The third kappa shape index (κ3) is 4.53. The van der Waals surface area contributed by atoms with Crippen molar-refractivity contribution in [2.24, 2.45) is 0 Å². The number of thiocarbonyl (C=S) groups is 1. The zero-order valence-electron chi connectivity index (χ0n) is 19.8. The smallest absolute Gasteiger partial charge is 0.174 e. The Hall–Kier alpha value is -2.94. The number of morpholine rings is 1. The molecule has 3 atom stereocenters. The third-order valence-corrected chi connectivity index (χ3v) is 7.51. The van der Waals surface area contributed by atoms with Crippen LogP contribution in [0.3, 0.4) is 0 Å². The molecule has 3 aliphatic rings. The second-order valence-corrected chi connectivity index (χ2v) is 9.72. The molecule has 0 aliphatic carbocycles. The van der Waals surface area contributed by atoms with E-state index in [4.69, 9.17) is 26.7 Å². The second kappa shape index (κ2) is 9.97. The normalized spacial score (nSPS) is 24.7. The van der Waals surface area contributed by atoms with E-state index in [1.807, 2.05) is 18.3 Å². The van der Waals surface area contributed by atoms with Crippen LogP contribution in [0.4, 0.5) is 11.4 Å². The molecule has 182 valence electrons. The van der Waals surface area contributed by atoms with Crippen molar-refractivity contribution >= 4 is 28.7 Å². The van der Waals surface area contributed by atoms with E-state index in [0.29, 0.717) is 0 Å². The van der Waals surface area contributed by atoms with Gasteiger partial charge in [0.1, 0.15) is 6.04 Å². The number of benzene rings is 1. The summed E-state index contributed by atoms with van der Waals surface area (Å²) in [6.45, 7) is 5.10. The molecule has 3 fully saturated rings. The van der Waals surface area contributed by atoms with Crippen LogP contribution >= 0.6 is 12.2 Å². The number of nitrogens with zero attached hydrogens (tertiary/aromatic N) is 4. The summed E-state index contributed by atoms with van der Waals surface area (Å²) in [7, 11) is 0. The Balaban J connectivity index is 1.35. The number of pyridine rings is 1. The minimum atomic E-state index is -0.0548. The fourth-order valence-electron chi connectivity index (χ4n) is 5.45. The Morgan fingerprint density at radius 3 is 2.54 bits per heavy atom. The van der Waals surface area contributed by atoms with Crippen molar-refractivity contribution in [1.82, 2.24) is 14.9 Å². The number of ether oxygens (including phenoxy) is 2. The quantitative estimate of drug-likeness (QED) is 0.524. The highest BCUT2D eigenvalue weighted by atomic mass is 32.1. The van der Waals surface area contributed by atoms with Crippen LogP contribution in [-0.4, -0.2) is 53.7 Å². The van der Waals surface area contributed by atoms with Crippen molar-refractivity contribution in [3.63, 3.8) is 0 Å². The van der Waals surface area contributed by atoms with Crippen LogP contribution in [0.25, 0.3) is 0 Å². The first-order chi connectivity index (χ1) is 17.3. The lowest BCUT2D eigenvalue weighted by molar-refractivity contribution is 0.0961. The summed E-state index contributed by atoms with van der Waals surface area (Å²) in [5, 5.41) is 4.30. The Bertz CT molecular complexity index is 1140. The molecule has 3 aliphatic heterocycles. The predicted octanol–water partition coefficient (Wildman–Crippen LogP) is 4.08. The number of anilines is 2. The van der Waals surface area contributed by atoms with E-state index >= 15 is 0 Å². The maximum atomic E-state index is 5.96. The van der Waals surface area contributed by atoms with E-state index in [1.54, 1.807) is 0 Å². The van der Waals surface area contributed by atoms with Crippen molar-refractivity contribution < 1.29 is 9.47 Å². The number of hydrogen-bond acceptors (Lipinski definition) is 5. The van der Waals surface area contributed by atoms with Crippen LogP contribution in [0.5, 0.6) is 0 Å². The molecule has 5 heterocycles. The Kier molecular flexibility index (Phi) is 6.41. The van der Waals surface area contributed by atoms with E-state index in [0.717, 1.165) is 68.8 Å². The van der Waals surface area contributed by atoms with Gasteiger partial charge in [-0.1, -0.05) is 6.07 Å². The van der Waals surface area contributed by atoms with Crippen molar-refractivity contribution in [3.05, 3.63) is 78.4 Å². The molecule has 0 radical (unpaired) electrons. The van der Waals surface area contributed by atoms with Gasteiger partial charge in [0.05, 0.1) is 31.1 Å². The highest BCUT2D eigenvalue weighted by molar-refractivity contribution is 7.80. The van der Waals surface area contributed by atoms with Gasteiger partial charge in [-0.25, -0.2) is 0 Å². The number of hydrogen-bond donors (Lipinski definition) is 1. The maximum Gasteiger partial charge on any atom is 0.174 e. The van der Waals surface area contributed by atoms with Crippen LogP contribution in [0.15, 0.2) is 67.0 Å². The maximum absolute atomic E-state index is 5.96. The lowest BCUT2D eigenvalue weighted by Gasteiger charge is -2.31. The largest absolute Gasteiger partial charge is 0.378 e. The number of rotatable bonds is 6. The lowest BCUT2D eigenvalue weighted by atomic mass is 10.0. The van der Waals surface area contributed by atoms with Crippen LogP contribution < -0.4 is 15.1 Å². The summed E-state index contributed by atoms with van der Waals surface area (Å²) in [5.74, 6) is 0. The highest BCUT2D eigenvalue weighted by Crippen LogP contribution is 2.42. The van der Waals surface area contributed by atoms with E-state index in [2.05, 4.69) is 68.3 Å². The highest BCUT2D eigenvalue weighted by Gasteiger charge is 2.42. The van der Waals surface area contributed by atoms with Gasteiger partial charge in [0.2, 0.25) is 0 Å². The molecule has 0 spiro atoms. The fraction of sp³-hybridized carbons (Fsp3) is 0.407. The van der Waals surface area contributed by atoms with Gasteiger partial charge in [-0.05, 0) is 73.6 Å². The molecule has 0 amide bonds. The van der Waals surface area contributed by atoms with E-state index in [-0.39, 0.29) is 18.2 Å². The van der Waals surface area contributed by atoms with Crippen molar-refractivity contribution in [2.75, 3.05) is 42.7 Å². The molecule has 3 unspecified atom stereocenters. The summed E-state index contributed by atoms with van der Waals surface area (Å²) >= 11 is 5.92. The first-order valence-corrected chi connectivity index (χ1v) is 12.9. The van der Waals surface area contributed by atoms with Gasteiger partial charge < -0.3 is 29.2 Å². The molecule has 7 nitrogen and oxygen atoms in total. The predicted molar refractivity (Wildman–Crippen MR) is 141 cm³/mol.